The van der Waals surface area contributed by atoms with Crippen LogP contribution in [-0.4, -0.2) is 65.2 Å². The van der Waals surface area contributed by atoms with Gasteiger partial charge in [-0.15, -0.1) is 0 Å². The molecule has 7 nitrogen and oxygen atoms in total. The molecule has 24 heavy (non-hydrogen) atoms. The summed E-state index contributed by atoms with van der Waals surface area (Å²) < 4.78 is 7.11. The van der Waals surface area contributed by atoms with E-state index in [9.17, 15) is 9.59 Å². The molecule has 0 saturated carbocycles. The second kappa shape index (κ2) is 7.79. The molecule has 1 aliphatic rings. The molecule has 1 aliphatic heterocycles. The zero-order valence-corrected chi connectivity index (χ0v) is 15.3. The van der Waals surface area contributed by atoms with Gasteiger partial charge in [-0.1, -0.05) is 0 Å². The molecule has 2 amide bonds. The summed E-state index contributed by atoms with van der Waals surface area (Å²) in [6.45, 7) is 8.85. The number of aryl methyl sites for hydroxylation is 2. The molecule has 1 atom stereocenters. The molecule has 7 heteroatoms. The van der Waals surface area contributed by atoms with E-state index >= 15 is 0 Å². The van der Waals surface area contributed by atoms with Crippen LogP contribution in [0.15, 0.2) is 0 Å². The van der Waals surface area contributed by atoms with E-state index in [1.807, 2.05) is 18.5 Å². The Labute approximate surface area is 143 Å². The lowest BCUT2D eigenvalue weighted by molar-refractivity contribution is -0.137. The van der Waals surface area contributed by atoms with Crippen molar-refractivity contribution in [2.45, 2.75) is 40.3 Å². The van der Waals surface area contributed by atoms with Gasteiger partial charge in [0.05, 0.1) is 18.2 Å². The number of amides is 2. The van der Waals surface area contributed by atoms with Gasteiger partial charge in [0.1, 0.15) is 0 Å². The number of hydrogen-bond acceptors (Lipinski definition) is 4. The summed E-state index contributed by atoms with van der Waals surface area (Å²) in [6.07, 6.45) is 0.297. The predicted octanol–water partition coefficient (Wildman–Crippen LogP) is 0.973. The summed E-state index contributed by atoms with van der Waals surface area (Å²) in [4.78, 5) is 28.1. The van der Waals surface area contributed by atoms with Gasteiger partial charge in [-0.2, -0.15) is 5.10 Å². The first kappa shape index (κ1) is 18.4. The first-order chi connectivity index (χ1) is 11.4. The molecule has 0 N–H and O–H groups in total. The van der Waals surface area contributed by atoms with Gasteiger partial charge in [-0.3, -0.25) is 14.3 Å². The summed E-state index contributed by atoms with van der Waals surface area (Å²) in [5.41, 5.74) is 3.12. The Bertz CT molecular complexity index is 611. The van der Waals surface area contributed by atoms with Crippen molar-refractivity contribution >= 4 is 11.8 Å². The number of carbonyl (C=O) groups is 2. The van der Waals surface area contributed by atoms with E-state index in [0.29, 0.717) is 32.7 Å². The Morgan fingerprint density at radius 1 is 1.42 bits per heavy atom. The van der Waals surface area contributed by atoms with Crippen LogP contribution in [0.25, 0.3) is 0 Å². The van der Waals surface area contributed by atoms with E-state index in [0.717, 1.165) is 23.5 Å². The van der Waals surface area contributed by atoms with Gasteiger partial charge in [0.15, 0.2) is 0 Å². The van der Waals surface area contributed by atoms with Crippen molar-refractivity contribution in [2.75, 3.05) is 33.9 Å². The normalized spacial score (nSPS) is 17.6. The Morgan fingerprint density at radius 2 is 2.12 bits per heavy atom. The van der Waals surface area contributed by atoms with Crippen molar-refractivity contribution in [1.82, 2.24) is 19.6 Å². The van der Waals surface area contributed by atoms with Crippen LogP contribution in [0.5, 0.6) is 0 Å². The molecule has 134 valence electrons. The van der Waals surface area contributed by atoms with Crippen molar-refractivity contribution in [3.8, 4) is 0 Å². The molecule has 1 aromatic heterocycles. The summed E-state index contributed by atoms with van der Waals surface area (Å²) in [6, 6.07) is 0. The molecular weight excluding hydrogens is 308 g/mol. The van der Waals surface area contributed by atoms with Crippen LogP contribution in [0, 0.1) is 19.8 Å². The maximum Gasteiger partial charge on any atom is 0.228 e. The van der Waals surface area contributed by atoms with Crippen molar-refractivity contribution in [3.63, 3.8) is 0 Å². The van der Waals surface area contributed by atoms with Gasteiger partial charge >= 0.3 is 0 Å². The standard InChI is InChI=1S/C17H28N4O3/c1-6-21-13(3)15(12(2)18-21)11-20(7-8-24-5)17(23)14-9-16(22)19(4)10-14/h14H,6-11H2,1-5H3. The van der Waals surface area contributed by atoms with E-state index < -0.39 is 0 Å². The molecule has 0 bridgehead atoms. The van der Waals surface area contributed by atoms with E-state index in [1.165, 1.54) is 0 Å². The van der Waals surface area contributed by atoms with Crippen LogP contribution >= 0.6 is 0 Å². The number of nitrogens with zero attached hydrogens (tertiary/aromatic N) is 4. The molecule has 1 unspecified atom stereocenters. The molecule has 0 radical (unpaired) electrons. The van der Waals surface area contributed by atoms with E-state index in [4.69, 9.17) is 4.74 Å². The van der Waals surface area contributed by atoms with Gasteiger partial charge in [0, 0.05) is 58.0 Å². The highest BCUT2D eigenvalue weighted by atomic mass is 16.5. The molecule has 1 aromatic rings. The minimum Gasteiger partial charge on any atom is -0.383 e. The number of hydrogen-bond donors (Lipinski definition) is 0. The average Bonchev–Trinajstić information content (AvgIpc) is 3.03. The summed E-state index contributed by atoms with van der Waals surface area (Å²) in [5, 5.41) is 4.53. The second-order valence-corrected chi connectivity index (χ2v) is 6.39. The molecule has 0 aliphatic carbocycles. The number of aromatic nitrogens is 2. The predicted molar refractivity (Wildman–Crippen MR) is 90.4 cm³/mol. The highest BCUT2D eigenvalue weighted by Gasteiger charge is 2.35. The highest BCUT2D eigenvalue weighted by molar-refractivity contribution is 5.89. The maximum absolute atomic E-state index is 12.9. The summed E-state index contributed by atoms with van der Waals surface area (Å²) in [7, 11) is 3.37. The number of carbonyl (C=O) groups excluding carboxylic acids is 2. The van der Waals surface area contributed by atoms with Crippen LogP contribution in [-0.2, 0) is 27.4 Å². The maximum atomic E-state index is 12.9. The van der Waals surface area contributed by atoms with E-state index in [-0.39, 0.29) is 17.7 Å². The van der Waals surface area contributed by atoms with Crippen molar-refractivity contribution in [2.24, 2.45) is 5.92 Å². The molecule has 2 heterocycles. The van der Waals surface area contributed by atoms with Crippen LogP contribution < -0.4 is 0 Å². The first-order valence-corrected chi connectivity index (χ1v) is 8.43. The lowest BCUT2D eigenvalue weighted by Gasteiger charge is -2.25. The first-order valence-electron chi connectivity index (χ1n) is 8.43. The smallest absolute Gasteiger partial charge is 0.228 e. The monoisotopic (exact) mass is 336 g/mol. The largest absolute Gasteiger partial charge is 0.383 e. The Morgan fingerprint density at radius 3 is 2.62 bits per heavy atom. The number of methoxy groups -OCH3 is 1. The molecule has 1 fully saturated rings. The van der Waals surface area contributed by atoms with Crippen LogP contribution in [0.3, 0.4) is 0 Å². The molecular formula is C17H28N4O3. The minimum atomic E-state index is -0.263. The van der Waals surface area contributed by atoms with Gasteiger partial charge in [0.2, 0.25) is 11.8 Å². The van der Waals surface area contributed by atoms with Crippen LogP contribution in [0.2, 0.25) is 0 Å². The fourth-order valence-corrected chi connectivity index (χ4v) is 3.22. The molecule has 0 spiro atoms. The fraction of sp³-hybridized carbons (Fsp3) is 0.706. The Hall–Kier alpha value is -1.89. The van der Waals surface area contributed by atoms with Gasteiger partial charge in [0.25, 0.3) is 0 Å². The molecule has 2 rings (SSSR count). The molecule has 0 aromatic carbocycles. The second-order valence-electron chi connectivity index (χ2n) is 6.39. The Balaban J connectivity index is 2.18. The topological polar surface area (TPSA) is 67.7 Å². The third kappa shape index (κ3) is 3.77. The SMILES string of the molecule is CCn1nc(C)c(CN(CCOC)C(=O)C2CC(=O)N(C)C2)c1C. The van der Waals surface area contributed by atoms with Crippen molar-refractivity contribution in [3.05, 3.63) is 17.0 Å². The third-order valence-electron chi connectivity index (χ3n) is 4.75. The van der Waals surface area contributed by atoms with Gasteiger partial charge < -0.3 is 14.5 Å². The lowest BCUT2D eigenvalue weighted by Crippen LogP contribution is -2.39. The number of ether oxygens (including phenoxy) is 1. The highest BCUT2D eigenvalue weighted by Crippen LogP contribution is 2.22. The summed E-state index contributed by atoms with van der Waals surface area (Å²) in [5.74, 6) is -0.208. The minimum absolute atomic E-state index is 0.0211. The molecule has 1 saturated heterocycles. The van der Waals surface area contributed by atoms with Gasteiger partial charge in [-0.05, 0) is 20.8 Å². The van der Waals surface area contributed by atoms with Gasteiger partial charge in [-0.25, -0.2) is 0 Å². The lowest BCUT2D eigenvalue weighted by atomic mass is 10.1. The zero-order chi connectivity index (χ0) is 17.9. The third-order valence-corrected chi connectivity index (χ3v) is 4.75. The van der Waals surface area contributed by atoms with Crippen molar-refractivity contribution in [1.29, 1.82) is 0 Å². The fourth-order valence-electron chi connectivity index (χ4n) is 3.22. The van der Waals surface area contributed by atoms with Crippen LogP contribution in [0.1, 0.15) is 30.3 Å². The zero-order valence-electron chi connectivity index (χ0n) is 15.3. The van der Waals surface area contributed by atoms with Crippen molar-refractivity contribution < 1.29 is 14.3 Å². The quantitative estimate of drug-likeness (QED) is 0.744. The number of likely N-dealkylation sites (tertiary alicyclic amines) is 1. The van der Waals surface area contributed by atoms with Crippen LogP contribution in [0.4, 0.5) is 0 Å². The van der Waals surface area contributed by atoms with E-state index in [1.54, 1.807) is 24.0 Å². The number of rotatable bonds is 7. The van der Waals surface area contributed by atoms with E-state index in [2.05, 4.69) is 12.0 Å². The average molecular weight is 336 g/mol. The summed E-state index contributed by atoms with van der Waals surface area (Å²) >= 11 is 0. The Kier molecular flexibility index (Phi) is 5.99.